The van der Waals surface area contributed by atoms with Gasteiger partial charge in [-0.05, 0) is 52.2 Å². The van der Waals surface area contributed by atoms with Gasteiger partial charge in [0.1, 0.15) is 0 Å². The first-order chi connectivity index (χ1) is 5.33. The molecule has 0 spiro atoms. The molecular formula is C9H20N2. The van der Waals surface area contributed by atoms with Crippen LogP contribution in [0.3, 0.4) is 0 Å². The Morgan fingerprint density at radius 2 is 2.45 bits per heavy atom. The van der Waals surface area contributed by atoms with Crippen LogP contribution in [-0.4, -0.2) is 26.2 Å². The Morgan fingerprint density at radius 1 is 1.64 bits per heavy atom. The van der Waals surface area contributed by atoms with Crippen molar-refractivity contribution < 1.29 is 0 Å². The van der Waals surface area contributed by atoms with Gasteiger partial charge < -0.3 is 10.6 Å². The number of nitrogens with one attached hydrogen (secondary N) is 2. The van der Waals surface area contributed by atoms with Gasteiger partial charge >= 0.3 is 0 Å². The third-order valence-electron chi connectivity index (χ3n) is 2.66. The lowest BCUT2D eigenvalue weighted by Crippen LogP contribution is -2.22. The molecule has 2 heteroatoms. The summed E-state index contributed by atoms with van der Waals surface area (Å²) in [5.74, 6) is 0.950. The Kier molecular flexibility index (Phi) is 3.87. The minimum Gasteiger partial charge on any atom is -0.317 e. The second-order valence-electron chi connectivity index (χ2n) is 3.63. The van der Waals surface area contributed by atoms with E-state index in [2.05, 4.69) is 17.6 Å². The molecule has 0 aliphatic carbocycles. The predicted octanol–water partition coefficient (Wildman–Crippen LogP) is 0.984. The van der Waals surface area contributed by atoms with Crippen molar-refractivity contribution >= 4 is 0 Å². The highest BCUT2D eigenvalue weighted by molar-refractivity contribution is 4.72. The average Bonchev–Trinajstić information content (AvgIpc) is 2.52. The second kappa shape index (κ2) is 4.73. The molecule has 0 aromatic carbocycles. The third kappa shape index (κ3) is 3.21. The molecule has 0 amide bonds. The second-order valence-corrected chi connectivity index (χ2v) is 3.63. The summed E-state index contributed by atoms with van der Waals surface area (Å²) in [5, 5.41) is 6.66. The van der Waals surface area contributed by atoms with Crippen molar-refractivity contribution in [1.29, 1.82) is 0 Å². The minimum absolute atomic E-state index is 0.690. The lowest BCUT2D eigenvalue weighted by molar-refractivity contribution is 0.451. The fourth-order valence-electron chi connectivity index (χ4n) is 1.59. The molecule has 1 aliphatic rings. The van der Waals surface area contributed by atoms with E-state index >= 15 is 0 Å². The molecule has 2 nitrogen and oxygen atoms in total. The maximum atomic E-state index is 3.39. The standard InChI is InChI=1S/C9H20N2/c1-8(10-2)3-4-9-5-6-11-7-9/h8-11H,3-7H2,1-2H3. The zero-order valence-electron chi connectivity index (χ0n) is 7.69. The molecule has 2 N–H and O–H groups in total. The number of hydrogen-bond acceptors (Lipinski definition) is 2. The van der Waals surface area contributed by atoms with Crippen LogP contribution in [0.5, 0.6) is 0 Å². The van der Waals surface area contributed by atoms with Crippen molar-refractivity contribution in [1.82, 2.24) is 10.6 Å². The Hall–Kier alpha value is -0.0800. The van der Waals surface area contributed by atoms with Crippen LogP contribution in [0.1, 0.15) is 26.2 Å². The Bertz CT molecular complexity index is 97.7. The molecule has 11 heavy (non-hydrogen) atoms. The lowest BCUT2D eigenvalue weighted by Gasteiger charge is -2.12. The van der Waals surface area contributed by atoms with E-state index in [9.17, 15) is 0 Å². The fourth-order valence-corrected chi connectivity index (χ4v) is 1.59. The van der Waals surface area contributed by atoms with E-state index in [0.29, 0.717) is 6.04 Å². The van der Waals surface area contributed by atoms with Gasteiger partial charge in [0.15, 0.2) is 0 Å². The highest BCUT2D eigenvalue weighted by Gasteiger charge is 2.14. The Morgan fingerprint density at radius 3 is 3.00 bits per heavy atom. The van der Waals surface area contributed by atoms with Gasteiger partial charge in [-0.2, -0.15) is 0 Å². The van der Waals surface area contributed by atoms with Crippen molar-refractivity contribution in [3.05, 3.63) is 0 Å². The van der Waals surface area contributed by atoms with E-state index in [0.717, 1.165) is 5.92 Å². The smallest absolute Gasteiger partial charge is 0.00358 e. The van der Waals surface area contributed by atoms with Crippen LogP contribution in [0.15, 0.2) is 0 Å². The topological polar surface area (TPSA) is 24.1 Å². The molecule has 2 unspecified atom stereocenters. The maximum Gasteiger partial charge on any atom is 0.00358 e. The summed E-state index contributed by atoms with van der Waals surface area (Å²) in [6.45, 7) is 4.73. The molecule has 0 radical (unpaired) electrons. The summed E-state index contributed by atoms with van der Waals surface area (Å²) >= 11 is 0. The summed E-state index contributed by atoms with van der Waals surface area (Å²) in [5.41, 5.74) is 0. The summed E-state index contributed by atoms with van der Waals surface area (Å²) in [7, 11) is 2.04. The van der Waals surface area contributed by atoms with Gasteiger partial charge in [-0.1, -0.05) is 0 Å². The average molecular weight is 156 g/mol. The first-order valence-corrected chi connectivity index (χ1v) is 4.71. The summed E-state index contributed by atoms with van der Waals surface area (Å²) in [6.07, 6.45) is 4.09. The normalized spacial score (nSPS) is 27.3. The molecule has 0 aromatic rings. The van der Waals surface area contributed by atoms with Gasteiger partial charge in [-0.25, -0.2) is 0 Å². The summed E-state index contributed by atoms with van der Waals surface area (Å²) < 4.78 is 0. The highest BCUT2D eigenvalue weighted by atomic mass is 14.9. The van der Waals surface area contributed by atoms with E-state index in [1.165, 1.54) is 32.4 Å². The molecule has 66 valence electrons. The van der Waals surface area contributed by atoms with E-state index in [-0.39, 0.29) is 0 Å². The highest BCUT2D eigenvalue weighted by Crippen LogP contribution is 2.15. The van der Waals surface area contributed by atoms with Crippen molar-refractivity contribution in [2.45, 2.75) is 32.2 Å². The minimum atomic E-state index is 0.690. The van der Waals surface area contributed by atoms with Crippen LogP contribution in [0.4, 0.5) is 0 Å². The van der Waals surface area contributed by atoms with E-state index < -0.39 is 0 Å². The van der Waals surface area contributed by atoms with Crippen molar-refractivity contribution in [3.63, 3.8) is 0 Å². The number of hydrogen-bond donors (Lipinski definition) is 2. The third-order valence-corrected chi connectivity index (χ3v) is 2.66. The molecule has 0 aromatic heterocycles. The molecule has 1 aliphatic heterocycles. The quantitative estimate of drug-likeness (QED) is 0.634. The molecule has 0 bridgehead atoms. The monoisotopic (exact) mass is 156 g/mol. The van der Waals surface area contributed by atoms with Gasteiger partial charge in [-0.3, -0.25) is 0 Å². The first-order valence-electron chi connectivity index (χ1n) is 4.71. The molecule has 1 rings (SSSR count). The fraction of sp³-hybridized carbons (Fsp3) is 1.00. The van der Waals surface area contributed by atoms with Crippen LogP contribution in [0, 0.1) is 5.92 Å². The van der Waals surface area contributed by atoms with Gasteiger partial charge in [-0.15, -0.1) is 0 Å². The lowest BCUT2D eigenvalue weighted by atomic mass is 10.00. The Labute approximate surface area is 69.8 Å². The van der Waals surface area contributed by atoms with Crippen molar-refractivity contribution in [2.24, 2.45) is 5.92 Å². The van der Waals surface area contributed by atoms with E-state index in [1.807, 2.05) is 7.05 Å². The maximum absolute atomic E-state index is 3.39. The molecule has 0 saturated carbocycles. The summed E-state index contributed by atoms with van der Waals surface area (Å²) in [4.78, 5) is 0. The van der Waals surface area contributed by atoms with Crippen molar-refractivity contribution in [2.75, 3.05) is 20.1 Å². The summed E-state index contributed by atoms with van der Waals surface area (Å²) in [6, 6.07) is 0.690. The largest absolute Gasteiger partial charge is 0.317 e. The molecule has 1 fully saturated rings. The molecule has 1 saturated heterocycles. The number of rotatable bonds is 4. The SMILES string of the molecule is CNC(C)CCC1CCNC1. The van der Waals surface area contributed by atoms with Gasteiger partial charge in [0, 0.05) is 6.04 Å². The van der Waals surface area contributed by atoms with E-state index in [1.54, 1.807) is 0 Å². The van der Waals surface area contributed by atoms with Crippen LogP contribution in [-0.2, 0) is 0 Å². The molecule has 1 heterocycles. The molecule has 2 atom stereocenters. The van der Waals surface area contributed by atoms with Crippen LogP contribution >= 0.6 is 0 Å². The van der Waals surface area contributed by atoms with Crippen LogP contribution in [0.25, 0.3) is 0 Å². The van der Waals surface area contributed by atoms with E-state index in [4.69, 9.17) is 0 Å². The molecular weight excluding hydrogens is 136 g/mol. The van der Waals surface area contributed by atoms with Crippen LogP contribution in [0.2, 0.25) is 0 Å². The van der Waals surface area contributed by atoms with Crippen LogP contribution < -0.4 is 10.6 Å². The van der Waals surface area contributed by atoms with Gasteiger partial charge in [0.05, 0.1) is 0 Å². The first kappa shape index (κ1) is 9.01. The predicted molar refractivity (Wildman–Crippen MR) is 48.7 cm³/mol. The van der Waals surface area contributed by atoms with Crippen molar-refractivity contribution in [3.8, 4) is 0 Å². The zero-order valence-corrected chi connectivity index (χ0v) is 7.69. The van der Waals surface area contributed by atoms with Gasteiger partial charge in [0.25, 0.3) is 0 Å². The zero-order chi connectivity index (χ0) is 8.10. The van der Waals surface area contributed by atoms with Gasteiger partial charge in [0.2, 0.25) is 0 Å². The Balaban J connectivity index is 2.01.